The van der Waals surface area contributed by atoms with Gasteiger partial charge in [0.25, 0.3) is 0 Å². The van der Waals surface area contributed by atoms with Gasteiger partial charge in [0, 0.05) is 6.08 Å². The van der Waals surface area contributed by atoms with Crippen molar-refractivity contribution in [3.8, 4) is 11.5 Å². The van der Waals surface area contributed by atoms with Crippen LogP contribution in [0.1, 0.15) is 5.56 Å². The smallest absolute Gasteiger partial charge is 0.330 e. The number of ether oxygens (including phenoxy) is 3. The van der Waals surface area contributed by atoms with Crippen molar-refractivity contribution in [3.63, 3.8) is 0 Å². The lowest BCUT2D eigenvalue weighted by atomic mass is 9.99. The van der Waals surface area contributed by atoms with E-state index in [1.807, 2.05) is 0 Å². The summed E-state index contributed by atoms with van der Waals surface area (Å²) in [5.74, 6) is -1.43. The molecule has 162 valence electrons. The number of phenols is 2. The van der Waals surface area contributed by atoms with Gasteiger partial charge in [-0.2, -0.15) is 0 Å². The van der Waals surface area contributed by atoms with Crippen LogP contribution in [0.25, 0.3) is 6.08 Å². The lowest BCUT2D eigenvalue weighted by molar-refractivity contribution is -0.304. The molecule has 0 bridgehead atoms. The van der Waals surface area contributed by atoms with Crippen LogP contribution in [0, 0.1) is 0 Å². The minimum absolute atomic E-state index is 0.299. The molecule has 1 heterocycles. The number of hydrogen-bond acceptors (Lipinski definition) is 11. The maximum Gasteiger partial charge on any atom is 0.330 e. The third-order valence-corrected chi connectivity index (χ3v) is 4.13. The summed E-state index contributed by atoms with van der Waals surface area (Å²) in [6.07, 6.45) is -6.18. The molecule has 0 amide bonds. The van der Waals surface area contributed by atoms with Crippen molar-refractivity contribution in [3.05, 3.63) is 29.8 Å². The van der Waals surface area contributed by atoms with Crippen molar-refractivity contribution in [2.45, 2.75) is 36.8 Å². The Morgan fingerprint density at radius 3 is 2.48 bits per heavy atom. The van der Waals surface area contributed by atoms with Crippen molar-refractivity contribution in [1.29, 1.82) is 0 Å². The molecule has 0 aromatic heterocycles. The van der Waals surface area contributed by atoms with Gasteiger partial charge in [-0.3, -0.25) is 0 Å². The summed E-state index contributed by atoms with van der Waals surface area (Å²) < 4.78 is 15.1. The Labute approximate surface area is 165 Å². The molecule has 2 rings (SSSR count). The Morgan fingerprint density at radius 2 is 1.83 bits per heavy atom. The van der Waals surface area contributed by atoms with Crippen molar-refractivity contribution < 1.29 is 54.8 Å². The van der Waals surface area contributed by atoms with E-state index in [1.165, 1.54) is 24.3 Å². The number of hydrogen-bond donors (Lipinski definition) is 7. The molecule has 11 nitrogen and oxygen atoms in total. The zero-order valence-electron chi connectivity index (χ0n) is 15.2. The summed E-state index contributed by atoms with van der Waals surface area (Å²) in [5.41, 5.74) is 0.434. The molecule has 1 aromatic rings. The average molecular weight is 416 g/mol. The maximum absolute atomic E-state index is 11.7. The Morgan fingerprint density at radius 1 is 1.10 bits per heavy atom. The van der Waals surface area contributed by atoms with Gasteiger partial charge >= 0.3 is 5.97 Å². The number of carbonyl (C=O) groups is 1. The third-order valence-electron chi connectivity index (χ3n) is 4.13. The molecule has 1 aliphatic rings. The van der Waals surface area contributed by atoms with Gasteiger partial charge in [0.15, 0.2) is 17.8 Å². The van der Waals surface area contributed by atoms with Gasteiger partial charge in [-0.05, 0) is 23.8 Å². The van der Waals surface area contributed by atoms with Gasteiger partial charge in [0.05, 0.1) is 13.2 Å². The van der Waals surface area contributed by atoms with E-state index in [4.69, 9.17) is 19.3 Å². The first kappa shape index (κ1) is 23.0. The molecule has 7 N–H and O–H groups in total. The molecule has 6 atom stereocenters. The fourth-order valence-corrected chi connectivity index (χ4v) is 2.49. The average Bonchev–Trinajstić information content (AvgIpc) is 2.70. The Balaban J connectivity index is 1.76. The fourth-order valence-electron chi connectivity index (χ4n) is 2.49. The molecule has 29 heavy (non-hydrogen) atoms. The van der Waals surface area contributed by atoms with Gasteiger partial charge in [-0.25, -0.2) is 4.79 Å². The summed E-state index contributed by atoms with van der Waals surface area (Å²) in [5, 5.41) is 66.6. The highest BCUT2D eigenvalue weighted by Crippen LogP contribution is 2.25. The van der Waals surface area contributed by atoms with Crippen LogP contribution in [-0.4, -0.2) is 98.3 Å². The van der Waals surface area contributed by atoms with Crippen LogP contribution in [0.3, 0.4) is 0 Å². The maximum atomic E-state index is 11.7. The molecule has 0 unspecified atom stereocenters. The summed E-state index contributed by atoms with van der Waals surface area (Å²) >= 11 is 0. The largest absolute Gasteiger partial charge is 0.504 e. The van der Waals surface area contributed by atoms with Gasteiger partial charge in [0.2, 0.25) is 0 Å². The molecular formula is C18H24O11. The van der Waals surface area contributed by atoms with E-state index in [2.05, 4.69) is 0 Å². The minimum atomic E-state index is -1.61. The molecule has 0 aliphatic carbocycles. The zero-order valence-corrected chi connectivity index (χ0v) is 15.2. The predicted molar refractivity (Wildman–Crippen MR) is 95.5 cm³/mol. The molecule has 0 radical (unpaired) electrons. The SMILES string of the molecule is O=C(/C=C/c1ccc(O)c(O)c1)OC[C@H](O)CO[C@@H]1O[C@H](CO)[C@@H](O)[C@H](O)[C@H]1O. The second-order valence-electron chi connectivity index (χ2n) is 6.40. The Kier molecular flexibility index (Phi) is 8.34. The van der Waals surface area contributed by atoms with E-state index in [1.54, 1.807) is 0 Å². The highest BCUT2D eigenvalue weighted by molar-refractivity contribution is 5.87. The summed E-state index contributed by atoms with van der Waals surface area (Å²) in [6.45, 7) is -1.48. The molecular weight excluding hydrogens is 392 g/mol. The van der Waals surface area contributed by atoms with Crippen LogP contribution in [0.4, 0.5) is 0 Å². The van der Waals surface area contributed by atoms with E-state index in [0.717, 1.165) is 6.08 Å². The monoisotopic (exact) mass is 416 g/mol. The Bertz CT molecular complexity index is 705. The minimum Gasteiger partial charge on any atom is -0.504 e. The lowest BCUT2D eigenvalue weighted by Gasteiger charge is -2.39. The van der Waals surface area contributed by atoms with Gasteiger partial charge in [0.1, 0.15) is 37.1 Å². The first-order valence-corrected chi connectivity index (χ1v) is 8.70. The van der Waals surface area contributed by atoms with E-state index >= 15 is 0 Å². The number of esters is 1. The summed E-state index contributed by atoms with van der Waals surface area (Å²) in [4.78, 5) is 11.7. The second kappa shape index (κ2) is 10.5. The molecule has 1 saturated heterocycles. The molecule has 1 fully saturated rings. The molecule has 0 saturated carbocycles. The predicted octanol–water partition coefficient (Wildman–Crippen LogP) is -2.17. The van der Waals surface area contributed by atoms with Gasteiger partial charge in [-0.1, -0.05) is 6.07 Å². The first-order valence-electron chi connectivity index (χ1n) is 8.70. The first-order chi connectivity index (χ1) is 13.7. The zero-order chi connectivity index (χ0) is 21.6. The van der Waals surface area contributed by atoms with Crippen LogP contribution in [0.5, 0.6) is 11.5 Å². The quantitative estimate of drug-likeness (QED) is 0.139. The Hall–Kier alpha value is -2.25. The highest BCUT2D eigenvalue weighted by Gasteiger charge is 2.44. The van der Waals surface area contributed by atoms with Gasteiger partial charge < -0.3 is 50.0 Å². The van der Waals surface area contributed by atoms with E-state index in [9.17, 15) is 35.4 Å². The summed E-state index contributed by atoms with van der Waals surface area (Å²) in [7, 11) is 0. The summed E-state index contributed by atoms with van der Waals surface area (Å²) in [6, 6.07) is 3.95. The number of aliphatic hydroxyl groups excluding tert-OH is 5. The van der Waals surface area contributed by atoms with E-state index in [0.29, 0.717) is 5.56 Å². The van der Waals surface area contributed by atoms with Crippen molar-refractivity contribution in [2.24, 2.45) is 0 Å². The van der Waals surface area contributed by atoms with E-state index in [-0.39, 0.29) is 11.5 Å². The fraction of sp³-hybridized carbons (Fsp3) is 0.500. The van der Waals surface area contributed by atoms with Crippen molar-refractivity contribution in [2.75, 3.05) is 19.8 Å². The highest BCUT2D eigenvalue weighted by atomic mass is 16.7. The molecule has 1 aliphatic heterocycles. The topological polar surface area (TPSA) is 186 Å². The standard InChI is InChI=1S/C18H24O11/c19-6-13-15(24)16(25)17(26)18(29-13)28-8-10(20)7-27-14(23)4-2-9-1-3-11(21)12(22)5-9/h1-5,10,13,15-22,24-26H,6-8H2/b4-2+/t10-,13+,15+,16-,17+,18+/m0/s1. The third kappa shape index (κ3) is 6.37. The van der Waals surface area contributed by atoms with Gasteiger partial charge in [-0.15, -0.1) is 0 Å². The van der Waals surface area contributed by atoms with Crippen LogP contribution in [0.2, 0.25) is 0 Å². The van der Waals surface area contributed by atoms with Crippen LogP contribution in [-0.2, 0) is 19.0 Å². The number of aromatic hydroxyl groups is 2. The normalized spacial score (nSPS) is 28.4. The van der Waals surface area contributed by atoms with Crippen LogP contribution < -0.4 is 0 Å². The van der Waals surface area contributed by atoms with Crippen molar-refractivity contribution >= 4 is 12.0 Å². The molecule has 0 spiro atoms. The number of rotatable bonds is 8. The number of carbonyl (C=O) groups excluding carboxylic acids is 1. The number of phenolic OH excluding ortho intramolecular Hbond substituents is 2. The molecule has 1 aromatic carbocycles. The van der Waals surface area contributed by atoms with Crippen LogP contribution in [0.15, 0.2) is 24.3 Å². The number of aliphatic hydroxyl groups is 5. The van der Waals surface area contributed by atoms with E-state index < -0.39 is 62.6 Å². The van der Waals surface area contributed by atoms with Crippen LogP contribution >= 0.6 is 0 Å². The number of benzene rings is 1. The lowest BCUT2D eigenvalue weighted by Crippen LogP contribution is -2.59. The molecule has 11 heteroatoms. The van der Waals surface area contributed by atoms with Crippen molar-refractivity contribution in [1.82, 2.24) is 0 Å². The second-order valence-corrected chi connectivity index (χ2v) is 6.40.